The molecule has 1 aliphatic carbocycles. The van der Waals surface area contributed by atoms with Crippen LogP contribution in [-0.2, 0) is 4.74 Å². The predicted molar refractivity (Wildman–Crippen MR) is 81.0 cm³/mol. The van der Waals surface area contributed by atoms with Gasteiger partial charge in [0.1, 0.15) is 11.4 Å². The molecule has 0 radical (unpaired) electrons. The number of ether oxygens (including phenoxy) is 1. The maximum atomic E-state index is 12.1. The van der Waals surface area contributed by atoms with E-state index < -0.39 is 0 Å². The average Bonchev–Trinajstić information content (AvgIpc) is 3.32. The lowest BCUT2D eigenvalue weighted by Gasteiger charge is -2.19. The van der Waals surface area contributed by atoms with Crippen LogP contribution in [0.2, 0.25) is 0 Å². The van der Waals surface area contributed by atoms with Crippen molar-refractivity contribution in [1.82, 2.24) is 20.2 Å². The van der Waals surface area contributed by atoms with Gasteiger partial charge in [-0.3, -0.25) is 9.59 Å². The molecule has 2 N–H and O–H groups in total. The highest BCUT2D eigenvalue weighted by atomic mass is 16.5. The first kappa shape index (κ1) is 15.2. The summed E-state index contributed by atoms with van der Waals surface area (Å²) in [5, 5.41) is 2.82. The minimum atomic E-state index is -0.372. The molecular weight excluding hydrogens is 284 g/mol. The lowest BCUT2D eigenvalue weighted by Crippen LogP contribution is -2.37. The molecule has 1 amide bonds. The molecular formula is C15H22N4O3. The molecule has 1 atom stereocenters. The van der Waals surface area contributed by atoms with Crippen molar-refractivity contribution < 1.29 is 9.53 Å². The fourth-order valence-electron chi connectivity index (χ4n) is 2.65. The number of likely N-dealkylation sites (N-methyl/N-ethyl adjacent to an activating group) is 1. The molecule has 1 aromatic heterocycles. The van der Waals surface area contributed by atoms with Crippen LogP contribution in [0.3, 0.4) is 0 Å². The normalized spacial score (nSPS) is 23.0. The summed E-state index contributed by atoms with van der Waals surface area (Å²) in [7, 11) is 2.04. The molecule has 0 bridgehead atoms. The first-order valence-corrected chi connectivity index (χ1v) is 7.77. The number of amides is 1. The minimum absolute atomic E-state index is 0.0762. The van der Waals surface area contributed by atoms with E-state index in [0.29, 0.717) is 31.5 Å². The molecule has 7 nitrogen and oxygen atoms in total. The van der Waals surface area contributed by atoms with Crippen LogP contribution in [0.1, 0.15) is 34.9 Å². The Morgan fingerprint density at radius 3 is 3.09 bits per heavy atom. The molecule has 2 aliphatic rings. The van der Waals surface area contributed by atoms with Gasteiger partial charge in [0.15, 0.2) is 0 Å². The van der Waals surface area contributed by atoms with E-state index in [1.54, 1.807) is 0 Å². The van der Waals surface area contributed by atoms with Gasteiger partial charge in [-0.05, 0) is 19.9 Å². The summed E-state index contributed by atoms with van der Waals surface area (Å²) >= 11 is 0. The van der Waals surface area contributed by atoms with Crippen molar-refractivity contribution in [2.24, 2.45) is 5.92 Å². The molecule has 3 rings (SSSR count). The largest absolute Gasteiger partial charge is 0.380 e. The smallest absolute Gasteiger partial charge is 0.263 e. The number of hydrogen-bond donors (Lipinski definition) is 2. The number of nitrogens with one attached hydrogen (secondary N) is 2. The fraction of sp³-hybridized carbons (Fsp3) is 0.667. The monoisotopic (exact) mass is 306 g/mol. The van der Waals surface area contributed by atoms with Gasteiger partial charge in [0.2, 0.25) is 0 Å². The highest BCUT2D eigenvalue weighted by molar-refractivity contribution is 5.93. The molecule has 22 heavy (non-hydrogen) atoms. The molecule has 0 unspecified atom stereocenters. The van der Waals surface area contributed by atoms with Crippen LogP contribution in [0.5, 0.6) is 0 Å². The summed E-state index contributed by atoms with van der Waals surface area (Å²) in [5.41, 5.74) is -0.282. The van der Waals surface area contributed by atoms with Gasteiger partial charge in [0.05, 0.1) is 13.2 Å². The zero-order valence-corrected chi connectivity index (χ0v) is 12.8. The molecule has 1 aliphatic heterocycles. The van der Waals surface area contributed by atoms with Crippen LogP contribution in [0.15, 0.2) is 11.0 Å². The van der Waals surface area contributed by atoms with Gasteiger partial charge in [-0.1, -0.05) is 0 Å². The van der Waals surface area contributed by atoms with Crippen molar-refractivity contribution in [3.8, 4) is 0 Å². The molecule has 2 heterocycles. The van der Waals surface area contributed by atoms with Crippen molar-refractivity contribution in [2.75, 3.05) is 39.9 Å². The Bertz CT molecular complexity index is 597. The van der Waals surface area contributed by atoms with E-state index in [9.17, 15) is 9.59 Å². The molecule has 7 heteroatoms. The molecule has 0 aromatic carbocycles. The van der Waals surface area contributed by atoms with Gasteiger partial charge in [0.25, 0.3) is 11.5 Å². The van der Waals surface area contributed by atoms with Gasteiger partial charge in [-0.25, -0.2) is 4.98 Å². The first-order valence-electron chi connectivity index (χ1n) is 7.77. The topological polar surface area (TPSA) is 87.3 Å². The Morgan fingerprint density at radius 2 is 2.36 bits per heavy atom. The van der Waals surface area contributed by atoms with Crippen LogP contribution in [0, 0.1) is 5.92 Å². The molecule has 120 valence electrons. The van der Waals surface area contributed by atoms with E-state index >= 15 is 0 Å². The minimum Gasteiger partial charge on any atom is -0.380 e. The molecule has 0 spiro atoms. The molecule has 1 aromatic rings. The highest BCUT2D eigenvalue weighted by Gasteiger charge is 2.27. The van der Waals surface area contributed by atoms with Crippen LogP contribution in [0.25, 0.3) is 0 Å². The molecule has 2 fully saturated rings. The molecule has 1 saturated heterocycles. The third-order valence-corrected chi connectivity index (χ3v) is 4.12. The van der Waals surface area contributed by atoms with E-state index in [2.05, 4.69) is 20.2 Å². The van der Waals surface area contributed by atoms with Crippen LogP contribution in [0.4, 0.5) is 0 Å². The summed E-state index contributed by atoms with van der Waals surface area (Å²) in [6.07, 6.45) is 3.50. The van der Waals surface area contributed by atoms with Crippen molar-refractivity contribution in [3.05, 3.63) is 27.9 Å². The van der Waals surface area contributed by atoms with Crippen molar-refractivity contribution in [1.29, 1.82) is 0 Å². The van der Waals surface area contributed by atoms with E-state index in [0.717, 1.165) is 25.9 Å². The second-order valence-electron chi connectivity index (χ2n) is 6.20. The number of aromatic amines is 1. The van der Waals surface area contributed by atoms with Gasteiger partial charge in [-0.2, -0.15) is 0 Å². The van der Waals surface area contributed by atoms with Crippen LogP contribution < -0.4 is 10.9 Å². The zero-order chi connectivity index (χ0) is 15.5. The standard InChI is InChI=1S/C15H22N4O3/c1-19-4-5-22-9-10(8-19)6-17-14(20)12-7-16-13(11-2-3-11)18-15(12)21/h7,10-11H,2-6,8-9H2,1H3,(H,17,20)(H,16,18,21)/t10-/m1/s1. The Morgan fingerprint density at radius 1 is 1.55 bits per heavy atom. The summed E-state index contributed by atoms with van der Waals surface area (Å²) in [6, 6.07) is 0. The van der Waals surface area contributed by atoms with E-state index in [-0.39, 0.29) is 22.9 Å². The highest BCUT2D eigenvalue weighted by Crippen LogP contribution is 2.37. The maximum absolute atomic E-state index is 12.1. The predicted octanol–water partition coefficient (Wildman–Crippen LogP) is -0.0447. The number of rotatable bonds is 4. The summed E-state index contributed by atoms with van der Waals surface area (Å²) in [5.74, 6) is 0.918. The van der Waals surface area contributed by atoms with Crippen LogP contribution >= 0.6 is 0 Å². The molecule has 1 saturated carbocycles. The third kappa shape index (κ3) is 3.72. The second kappa shape index (κ2) is 6.58. The van der Waals surface area contributed by atoms with E-state index in [1.165, 1.54) is 6.20 Å². The van der Waals surface area contributed by atoms with E-state index in [4.69, 9.17) is 4.74 Å². The second-order valence-corrected chi connectivity index (χ2v) is 6.20. The van der Waals surface area contributed by atoms with Crippen molar-refractivity contribution in [3.63, 3.8) is 0 Å². The van der Waals surface area contributed by atoms with Crippen molar-refractivity contribution in [2.45, 2.75) is 18.8 Å². The number of nitrogens with zero attached hydrogens (tertiary/aromatic N) is 2. The van der Waals surface area contributed by atoms with Gasteiger partial charge >= 0.3 is 0 Å². The first-order chi connectivity index (χ1) is 10.6. The quantitative estimate of drug-likeness (QED) is 0.815. The number of carbonyl (C=O) groups excluding carboxylic acids is 1. The van der Waals surface area contributed by atoms with Gasteiger partial charge in [0, 0.05) is 37.7 Å². The van der Waals surface area contributed by atoms with Gasteiger partial charge < -0.3 is 19.9 Å². The van der Waals surface area contributed by atoms with Crippen LogP contribution in [-0.4, -0.2) is 60.7 Å². The SMILES string of the molecule is CN1CCOC[C@H](CNC(=O)c2cnc(C3CC3)[nH]c2=O)C1. The Hall–Kier alpha value is -1.73. The third-order valence-electron chi connectivity index (χ3n) is 4.12. The summed E-state index contributed by atoms with van der Waals surface area (Å²) < 4.78 is 5.52. The number of hydrogen-bond acceptors (Lipinski definition) is 5. The number of aromatic nitrogens is 2. The lowest BCUT2D eigenvalue weighted by atomic mass is 10.1. The lowest BCUT2D eigenvalue weighted by molar-refractivity contribution is 0.0919. The Kier molecular flexibility index (Phi) is 4.54. The maximum Gasteiger partial charge on any atom is 0.263 e. The summed E-state index contributed by atoms with van der Waals surface area (Å²) in [6.45, 7) is 3.60. The fourth-order valence-corrected chi connectivity index (χ4v) is 2.65. The van der Waals surface area contributed by atoms with Crippen molar-refractivity contribution >= 4 is 5.91 Å². The summed E-state index contributed by atoms with van der Waals surface area (Å²) in [4.78, 5) is 33.2. The van der Waals surface area contributed by atoms with E-state index in [1.807, 2.05) is 7.05 Å². The Balaban J connectivity index is 1.58. The number of carbonyl (C=O) groups is 1. The average molecular weight is 306 g/mol. The Labute approximate surface area is 129 Å². The van der Waals surface area contributed by atoms with Gasteiger partial charge in [-0.15, -0.1) is 0 Å². The number of H-pyrrole nitrogens is 1. The zero-order valence-electron chi connectivity index (χ0n) is 12.8.